The Hall–Kier alpha value is -2.24. The third-order valence-electron chi connectivity index (χ3n) is 3.93. The van der Waals surface area contributed by atoms with Gasteiger partial charge < -0.3 is 19.1 Å². The van der Waals surface area contributed by atoms with Crippen LogP contribution in [0.15, 0.2) is 12.1 Å². The van der Waals surface area contributed by atoms with Gasteiger partial charge in [0.2, 0.25) is 0 Å². The van der Waals surface area contributed by atoms with E-state index in [-0.39, 0.29) is 6.42 Å². The van der Waals surface area contributed by atoms with Crippen molar-refractivity contribution in [2.24, 2.45) is 0 Å². The Balaban J connectivity index is 1.82. The first-order chi connectivity index (χ1) is 10.2. The number of aryl methyl sites for hydroxylation is 1. The van der Waals surface area contributed by atoms with Crippen molar-refractivity contribution in [3.63, 3.8) is 0 Å². The average Bonchev–Trinajstić information content (AvgIpc) is 3.25. The molecule has 1 aromatic heterocycles. The number of carbonyl (C=O) groups is 1. The molecule has 0 spiro atoms. The van der Waals surface area contributed by atoms with Crippen molar-refractivity contribution in [2.45, 2.75) is 31.7 Å². The number of aliphatic carboxylic acids is 1. The largest absolute Gasteiger partial charge is 0.486 e. The molecule has 4 rings (SSSR count). The summed E-state index contributed by atoms with van der Waals surface area (Å²) in [5, 5.41) is 8.94. The van der Waals surface area contributed by atoms with Crippen LogP contribution in [0.2, 0.25) is 0 Å². The first-order valence-corrected chi connectivity index (χ1v) is 7.24. The van der Waals surface area contributed by atoms with Crippen LogP contribution in [-0.4, -0.2) is 33.8 Å². The predicted molar refractivity (Wildman–Crippen MR) is 75.0 cm³/mol. The molecule has 0 bridgehead atoms. The summed E-state index contributed by atoms with van der Waals surface area (Å²) in [4.78, 5) is 15.6. The zero-order chi connectivity index (χ0) is 14.4. The number of rotatable bonds is 4. The van der Waals surface area contributed by atoms with E-state index in [0.717, 1.165) is 35.4 Å². The molecule has 1 aromatic carbocycles. The fraction of sp³-hybridized carbons (Fsp3) is 0.467. The molecule has 0 saturated heterocycles. The lowest BCUT2D eigenvalue weighted by molar-refractivity contribution is -0.137. The van der Waals surface area contributed by atoms with Crippen LogP contribution in [0.4, 0.5) is 0 Å². The van der Waals surface area contributed by atoms with Crippen LogP contribution < -0.4 is 9.47 Å². The van der Waals surface area contributed by atoms with E-state index in [4.69, 9.17) is 19.6 Å². The van der Waals surface area contributed by atoms with Gasteiger partial charge in [0.15, 0.2) is 11.5 Å². The van der Waals surface area contributed by atoms with Crippen molar-refractivity contribution in [2.75, 3.05) is 13.2 Å². The summed E-state index contributed by atoms with van der Waals surface area (Å²) < 4.78 is 13.2. The van der Waals surface area contributed by atoms with Crippen molar-refractivity contribution >= 4 is 17.0 Å². The molecule has 1 fully saturated rings. The van der Waals surface area contributed by atoms with Crippen molar-refractivity contribution in [3.05, 3.63) is 18.0 Å². The number of nitrogens with zero attached hydrogens (tertiary/aromatic N) is 2. The summed E-state index contributed by atoms with van der Waals surface area (Å²) in [5.41, 5.74) is 1.79. The number of benzene rings is 1. The van der Waals surface area contributed by atoms with Gasteiger partial charge in [-0.3, -0.25) is 4.79 Å². The number of carboxylic acid groups (broad SMARTS) is 1. The summed E-state index contributed by atoms with van der Waals surface area (Å²) >= 11 is 0. The van der Waals surface area contributed by atoms with Crippen molar-refractivity contribution in [3.8, 4) is 11.5 Å². The van der Waals surface area contributed by atoms with E-state index in [1.54, 1.807) is 0 Å². The van der Waals surface area contributed by atoms with Crippen LogP contribution >= 0.6 is 0 Å². The third-order valence-corrected chi connectivity index (χ3v) is 3.93. The molecule has 0 amide bonds. The highest BCUT2D eigenvalue weighted by molar-refractivity contribution is 5.81. The Morgan fingerprint density at radius 3 is 2.67 bits per heavy atom. The van der Waals surface area contributed by atoms with E-state index in [9.17, 15) is 4.79 Å². The maximum absolute atomic E-state index is 10.9. The van der Waals surface area contributed by atoms with E-state index >= 15 is 0 Å². The number of fused-ring (bicyclic) bond motifs is 2. The number of hydrogen-bond acceptors (Lipinski definition) is 4. The van der Waals surface area contributed by atoms with Gasteiger partial charge in [0.05, 0.1) is 17.5 Å². The predicted octanol–water partition coefficient (Wildman–Crippen LogP) is 2.16. The van der Waals surface area contributed by atoms with Gasteiger partial charge in [-0.1, -0.05) is 0 Å². The monoisotopic (exact) mass is 288 g/mol. The zero-order valence-corrected chi connectivity index (χ0v) is 11.5. The fourth-order valence-corrected chi connectivity index (χ4v) is 2.78. The lowest BCUT2D eigenvalue weighted by Gasteiger charge is -2.18. The molecule has 0 unspecified atom stereocenters. The standard InChI is InChI=1S/C15H16N2O4/c18-14(19)3-4-17-11-8-13-12(20-5-6-21-13)7-10(11)16-15(17)9-1-2-9/h7-9H,1-6H2,(H,18,19). The number of aromatic nitrogens is 2. The van der Waals surface area contributed by atoms with E-state index in [0.29, 0.717) is 31.4 Å². The van der Waals surface area contributed by atoms with E-state index in [1.807, 2.05) is 16.7 Å². The lowest BCUT2D eigenvalue weighted by Crippen LogP contribution is -2.15. The molecule has 0 radical (unpaired) electrons. The molecule has 2 aliphatic rings. The molecule has 110 valence electrons. The molecule has 2 heterocycles. The highest BCUT2D eigenvalue weighted by Crippen LogP contribution is 2.42. The number of hydrogen-bond donors (Lipinski definition) is 1. The molecule has 1 aliphatic heterocycles. The highest BCUT2D eigenvalue weighted by Gasteiger charge is 2.30. The van der Waals surface area contributed by atoms with Gasteiger partial charge in [-0.05, 0) is 12.8 Å². The number of carboxylic acids is 1. The molecule has 6 heteroatoms. The quantitative estimate of drug-likeness (QED) is 0.933. The van der Waals surface area contributed by atoms with Crippen LogP contribution in [0.1, 0.15) is 31.0 Å². The van der Waals surface area contributed by atoms with E-state index in [2.05, 4.69) is 0 Å². The summed E-state index contributed by atoms with van der Waals surface area (Å²) in [5.74, 6) is 2.10. The van der Waals surface area contributed by atoms with Crippen molar-refractivity contribution in [1.29, 1.82) is 0 Å². The third kappa shape index (κ3) is 2.20. The Labute approximate surface area is 121 Å². The Bertz CT molecular complexity index is 718. The number of imidazole rings is 1. The maximum Gasteiger partial charge on any atom is 0.305 e. The van der Waals surface area contributed by atoms with Gasteiger partial charge in [0, 0.05) is 24.6 Å². The molecule has 6 nitrogen and oxygen atoms in total. The van der Waals surface area contributed by atoms with Gasteiger partial charge in [-0.25, -0.2) is 4.98 Å². The highest BCUT2D eigenvalue weighted by atomic mass is 16.6. The Kier molecular flexibility index (Phi) is 2.77. The second-order valence-corrected chi connectivity index (χ2v) is 5.52. The zero-order valence-electron chi connectivity index (χ0n) is 11.5. The summed E-state index contributed by atoms with van der Waals surface area (Å²) in [6, 6.07) is 3.82. The number of ether oxygens (including phenoxy) is 2. The van der Waals surface area contributed by atoms with Crippen LogP contribution in [0.5, 0.6) is 11.5 Å². The minimum absolute atomic E-state index is 0.0968. The molecule has 0 atom stereocenters. The summed E-state index contributed by atoms with van der Waals surface area (Å²) in [6.07, 6.45) is 2.35. The van der Waals surface area contributed by atoms with Gasteiger partial charge >= 0.3 is 5.97 Å². The average molecular weight is 288 g/mol. The smallest absolute Gasteiger partial charge is 0.305 e. The summed E-state index contributed by atoms with van der Waals surface area (Å²) in [6.45, 7) is 1.53. The molecule has 21 heavy (non-hydrogen) atoms. The first kappa shape index (κ1) is 12.5. The van der Waals surface area contributed by atoms with E-state index in [1.165, 1.54) is 0 Å². The molecular formula is C15H16N2O4. The van der Waals surface area contributed by atoms with Gasteiger partial charge in [0.25, 0.3) is 0 Å². The topological polar surface area (TPSA) is 73.6 Å². The SMILES string of the molecule is O=C(O)CCn1c(C2CC2)nc2cc3c(cc21)OCCO3. The molecule has 1 aliphatic carbocycles. The van der Waals surface area contributed by atoms with Gasteiger partial charge in [-0.2, -0.15) is 0 Å². The van der Waals surface area contributed by atoms with Crippen LogP contribution in [0.3, 0.4) is 0 Å². The Morgan fingerprint density at radius 2 is 2.00 bits per heavy atom. The summed E-state index contributed by atoms with van der Waals surface area (Å²) in [7, 11) is 0. The first-order valence-electron chi connectivity index (χ1n) is 7.24. The molecular weight excluding hydrogens is 272 g/mol. The molecule has 1 saturated carbocycles. The van der Waals surface area contributed by atoms with Crippen molar-refractivity contribution in [1.82, 2.24) is 9.55 Å². The van der Waals surface area contributed by atoms with Gasteiger partial charge in [0.1, 0.15) is 19.0 Å². The minimum Gasteiger partial charge on any atom is -0.486 e. The molecule has 2 aromatic rings. The van der Waals surface area contributed by atoms with Crippen molar-refractivity contribution < 1.29 is 19.4 Å². The van der Waals surface area contributed by atoms with Crippen LogP contribution in [-0.2, 0) is 11.3 Å². The maximum atomic E-state index is 10.9. The van der Waals surface area contributed by atoms with E-state index < -0.39 is 5.97 Å². The molecule has 1 N–H and O–H groups in total. The lowest BCUT2D eigenvalue weighted by atomic mass is 10.2. The second kappa shape index (κ2) is 4.65. The van der Waals surface area contributed by atoms with Gasteiger partial charge in [-0.15, -0.1) is 0 Å². The van der Waals surface area contributed by atoms with Crippen LogP contribution in [0, 0.1) is 0 Å². The normalized spacial score (nSPS) is 17.1. The Morgan fingerprint density at radius 1 is 1.29 bits per heavy atom. The van der Waals surface area contributed by atoms with Crippen LogP contribution in [0.25, 0.3) is 11.0 Å². The second-order valence-electron chi connectivity index (χ2n) is 5.52. The minimum atomic E-state index is -0.795. The fourth-order valence-electron chi connectivity index (χ4n) is 2.78.